The molecule has 5 nitrogen and oxygen atoms in total. The lowest BCUT2D eigenvalue weighted by Gasteiger charge is -2.13. The molecule has 1 saturated heterocycles. The van der Waals surface area contributed by atoms with E-state index in [9.17, 15) is 4.79 Å². The van der Waals surface area contributed by atoms with Crippen LogP contribution in [0.1, 0.15) is 17.0 Å². The molecule has 0 bridgehead atoms. The SMILES string of the molecule is Cl.N[C@@H]1CCN(C(=O)c2ccc(Oc3ccccc3)o2)C1. The molecule has 1 fully saturated rings. The molecular formula is C15H17ClN2O3. The fourth-order valence-corrected chi connectivity index (χ4v) is 2.22. The van der Waals surface area contributed by atoms with Gasteiger partial charge in [0.15, 0.2) is 5.76 Å². The van der Waals surface area contributed by atoms with Crippen LogP contribution in [0.3, 0.4) is 0 Å². The molecule has 6 heteroatoms. The Morgan fingerprint density at radius 2 is 2.00 bits per heavy atom. The van der Waals surface area contributed by atoms with Crippen LogP contribution in [-0.2, 0) is 0 Å². The fourth-order valence-electron chi connectivity index (χ4n) is 2.22. The van der Waals surface area contributed by atoms with E-state index in [0.717, 1.165) is 6.42 Å². The molecule has 2 heterocycles. The van der Waals surface area contributed by atoms with Crippen molar-refractivity contribution in [1.29, 1.82) is 0 Å². The summed E-state index contributed by atoms with van der Waals surface area (Å²) in [5, 5.41) is 0. The summed E-state index contributed by atoms with van der Waals surface area (Å²) in [5.41, 5.74) is 5.80. The molecule has 1 aliphatic heterocycles. The summed E-state index contributed by atoms with van der Waals surface area (Å²) in [6.45, 7) is 1.25. The highest BCUT2D eigenvalue weighted by molar-refractivity contribution is 5.91. The summed E-state index contributed by atoms with van der Waals surface area (Å²) >= 11 is 0. The number of hydrogen-bond donors (Lipinski definition) is 1. The van der Waals surface area contributed by atoms with E-state index < -0.39 is 0 Å². The Labute approximate surface area is 129 Å². The molecule has 0 unspecified atom stereocenters. The van der Waals surface area contributed by atoms with Crippen molar-refractivity contribution in [3.05, 3.63) is 48.2 Å². The number of nitrogens with two attached hydrogens (primary N) is 1. The van der Waals surface area contributed by atoms with Crippen molar-refractivity contribution in [2.45, 2.75) is 12.5 Å². The van der Waals surface area contributed by atoms with E-state index in [-0.39, 0.29) is 30.1 Å². The zero-order valence-corrected chi connectivity index (χ0v) is 12.2. The molecule has 0 aliphatic carbocycles. The standard InChI is InChI=1S/C15H16N2O3.ClH/c16-11-8-9-17(10-11)15(18)13-6-7-14(20-13)19-12-4-2-1-3-5-12;/h1-7,11H,8-10,16H2;1H/t11-;/m1./s1. The molecule has 2 N–H and O–H groups in total. The smallest absolute Gasteiger partial charge is 0.290 e. The number of amides is 1. The maximum absolute atomic E-state index is 12.2. The predicted octanol–water partition coefficient (Wildman–Crippen LogP) is 2.67. The highest BCUT2D eigenvalue weighted by Crippen LogP contribution is 2.24. The van der Waals surface area contributed by atoms with E-state index in [2.05, 4.69) is 0 Å². The third-order valence-corrected chi connectivity index (χ3v) is 3.27. The topological polar surface area (TPSA) is 68.7 Å². The Morgan fingerprint density at radius 1 is 1.24 bits per heavy atom. The van der Waals surface area contributed by atoms with Gasteiger partial charge in [0.1, 0.15) is 5.75 Å². The van der Waals surface area contributed by atoms with Crippen molar-refractivity contribution in [1.82, 2.24) is 4.90 Å². The largest absolute Gasteiger partial charge is 0.426 e. The van der Waals surface area contributed by atoms with Gasteiger partial charge < -0.3 is 19.8 Å². The minimum absolute atomic E-state index is 0. The molecule has 112 valence electrons. The average molecular weight is 309 g/mol. The fraction of sp³-hybridized carbons (Fsp3) is 0.267. The van der Waals surface area contributed by atoms with Crippen LogP contribution in [0.4, 0.5) is 0 Å². The number of nitrogens with zero attached hydrogens (tertiary/aromatic N) is 1. The minimum Gasteiger partial charge on any atom is -0.426 e. The Bertz CT molecular complexity index is 600. The van der Waals surface area contributed by atoms with Crippen LogP contribution in [0.15, 0.2) is 46.9 Å². The molecule has 2 aromatic rings. The van der Waals surface area contributed by atoms with Gasteiger partial charge >= 0.3 is 0 Å². The van der Waals surface area contributed by atoms with Crippen molar-refractivity contribution < 1.29 is 13.9 Å². The van der Waals surface area contributed by atoms with Gasteiger partial charge in [0.25, 0.3) is 11.9 Å². The molecule has 21 heavy (non-hydrogen) atoms. The number of hydrogen-bond acceptors (Lipinski definition) is 4. The van der Waals surface area contributed by atoms with Crippen molar-refractivity contribution in [3.63, 3.8) is 0 Å². The zero-order chi connectivity index (χ0) is 13.9. The van der Waals surface area contributed by atoms with Gasteiger partial charge in [-0.2, -0.15) is 0 Å². The minimum atomic E-state index is -0.138. The highest BCUT2D eigenvalue weighted by Gasteiger charge is 2.26. The quantitative estimate of drug-likeness (QED) is 0.946. The van der Waals surface area contributed by atoms with Gasteiger partial charge in [-0.05, 0) is 24.6 Å². The normalized spacial score (nSPS) is 17.4. The first-order chi connectivity index (χ1) is 9.72. The van der Waals surface area contributed by atoms with Gasteiger partial charge in [0, 0.05) is 25.2 Å². The van der Waals surface area contributed by atoms with Crippen LogP contribution in [0.25, 0.3) is 0 Å². The highest BCUT2D eigenvalue weighted by atomic mass is 35.5. The molecule has 0 saturated carbocycles. The van der Waals surface area contributed by atoms with Crippen LogP contribution in [0.5, 0.6) is 11.7 Å². The second-order valence-electron chi connectivity index (χ2n) is 4.83. The van der Waals surface area contributed by atoms with Crippen molar-refractivity contribution >= 4 is 18.3 Å². The Hall–Kier alpha value is -1.98. The summed E-state index contributed by atoms with van der Waals surface area (Å²) in [6, 6.07) is 12.6. The first-order valence-corrected chi connectivity index (χ1v) is 6.60. The maximum Gasteiger partial charge on any atom is 0.290 e. The van der Waals surface area contributed by atoms with Gasteiger partial charge in [-0.1, -0.05) is 18.2 Å². The van der Waals surface area contributed by atoms with Crippen LogP contribution < -0.4 is 10.5 Å². The Balaban J connectivity index is 0.00000161. The van der Waals surface area contributed by atoms with E-state index in [1.165, 1.54) is 0 Å². The average Bonchev–Trinajstić information content (AvgIpc) is 3.08. The van der Waals surface area contributed by atoms with Gasteiger partial charge in [-0.25, -0.2) is 0 Å². The van der Waals surface area contributed by atoms with Crippen molar-refractivity contribution in [2.24, 2.45) is 5.73 Å². The summed E-state index contributed by atoms with van der Waals surface area (Å²) in [6.07, 6.45) is 0.833. The number of para-hydroxylation sites is 1. The molecule has 1 atom stereocenters. The molecule has 1 aromatic carbocycles. The lowest BCUT2D eigenvalue weighted by atomic mass is 10.3. The molecule has 1 amide bonds. The molecule has 3 rings (SSSR count). The predicted molar refractivity (Wildman–Crippen MR) is 81.0 cm³/mol. The maximum atomic E-state index is 12.2. The van der Waals surface area contributed by atoms with Crippen LogP contribution in [-0.4, -0.2) is 29.9 Å². The molecular weight excluding hydrogens is 292 g/mol. The van der Waals surface area contributed by atoms with Crippen LogP contribution in [0, 0.1) is 0 Å². The number of likely N-dealkylation sites (tertiary alicyclic amines) is 1. The van der Waals surface area contributed by atoms with Crippen molar-refractivity contribution in [3.8, 4) is 11.7 Å². The first kappa shape index (κ1) is 15.4. The first-order valence-electron chi connectivity index (χ1n) is 6.60. The number of halogens is 1. The number of benzene rings is 1. The van der Waals surface area contributed by atoms with Crippen LogP contribution >= 0.6 is 12.4 Å². The number of ether oxygens (including phenoxy) is 1. The van der Waals surface area contributed by atoms with Gasteiger partial charge in [-0.15, -0.1) is 12.4 Å². The monoisotopic (exact) mass is 308 g/mol. The second-order valence-corrected chi connectivity index (χ2v) is 4.83. The van der Waals surface area contributed by atoms with E-state index in [0.29, 0.717) is 24.8 Å². The summed E-state index contributed by atoms with van der Waals surface area (Å²) < 4.78 is 11.0. The molecule has 0 spiro atoms. The third-order valence-electron chi connectivity index (χ3n) is 3.27. The third kappa shape index (κ3) is 3.56. The van der Waals surface area contributed by atoms with Crippen molar-refractivity contribution in [2.75, 3.05) is 13.1 Å². The molecule has 1 aromatic heterocycles. The Kier molecular flexibility index (Phi) is 4.88. The van der Waals surface area contributed by atoms with E-state index >= 15 is 0 Å². The number of rotatable bonds is 3. The van der Waals surface area contributed by atoms with Gasteiger partial charge in [0.2, 0.25) is 0 Å². The number of furan rings is 1. The Morgan fingerprint density at radius 3 is 2.67 bits per heavy atom. The van der Waals surface area contributed by atoms with Crippen LogP contribution in [0.2, 0.25) is 0 Å². The lowest BCUT2D eigenvalue weighted by molar-refractivity contribution is 0.0754. The van der Waals surface area contributed by atoms with Gasteiger partial charge in [0.05, 0.1) is 0 Å². The van der Waals surface area contributed by atoms with E-state index in [1.54, 1.807) is 17.0 Å². The zero-order valence-electron chi connectivity index (χ0n) is 11.4. The lowest BCUT2D eigenvalue weighted by Crippen LogP contribution is -2.31. The summed E-state index contributed by atoms with van der Waals surface area (Å²) in [4.78, 5) is 13.9. The van der Waals surface area contributed by atoms with E-state index in [1.807, 2.05) is 30.3 Å². The van der Waals surface area contributed by atoms with Gasteiger partial charge in [-0.3, -0.25) is 4.79 Å². The number of carbonyl (C=O) groups is 1. The molecule has 1 aliphatic rings. The molecule has 0 radical (unpaired) electrons. The summed E-state index contributed by atoms with van der Waals surface area (Å²) in [7, 11) is 0. The summed E-state index contributed by atoms with van der Waals surface area (Å²) in [5.74, 6) is 1.12. The number of carbonyl (C=O) groups excluding carboxylic acids is 1. The van der Waals surface area contributed by atoms with E-state index in [4.69, 9.17) is 14.9 Å². The second kappa shape index (κ2) is 6.65.